The molecule has 1 heterocycles. The van der Waals surface area contributed by atoms with Gasteiger partial charge in [0.1, 0.15) is 23.4 Å². The first-order valence-corrected chi connectivity index (χ1v) is 15.1. The zero-order valence-corrected chi connectivity index (χ0v) is 25.9. The second kappa shape index (κ2) is 14.7. The summed E-state index contributed by atoms with van der Waals surface area (Å²) < 4.78 is 12.5. The maximum absolute atomic E-state index is 13.8. The summed E-state index contributed by atoms with van der Waals surface area (Å²) in [4.78, 5) is 30.3. The Labute approximate surface area is 264 Å². The molecule has 0 radical (unpaired) electrons. The third-order valence-corrected chi connectivity index (χ3v) is 7.80. The highest BCUT2D eigenvalue weighted by Crippen LogP contribution is 2.31. The van der Waals surface area contributed by atoms with Gasteiger partial charge in [0.2, 0.25) is 0 Å². The summed E-state index contributed by atoms with van der Waals surface area (Å²) in [6.07, 6.45) is -0.240. The molecule has 0 saturated carbocycles. The molecule has 3 atom stereocenters. The van der Waals surface area contributed by atoms with Gasteiger partial charge < -0.3 is 30.1 Å². The lowest BCUT2D eigenvalue weighted by molar-refractivity contribution is 0.0341. The van der Waals surface area contributed by atoms with Crippen molar-refractivity contribution in [2.45, 2.75) is 32.5 Å². The number of nitrogens with zero attached hydrogens (tertiary/aromatic N) is 2. The normalized spacial score (nSPS) is 17.0. The number of nitrogens with one attached hydrogen (secondary N) is 2. The van der Waals surface area contributed by atoms with Crippen LogP contribution in [0.1, 0.15) is 29.8 Å². The van der Waals surface area contributed by atoms with Gasteiger partial charge in [-0.05, 0) is 74.1 Å². The standard InChI is InChI=1S/C36H40N4O5/c1-25-21-40(26(2)24-41)35(42)32-20-29(38-36(43)37-28-10-6-4-7-11-28)16-19-33(32)45-34(25)23-39(3)22-27-14-17-31(18-15-27)44-30-12-8-5-9-13-30/h4-20,25-26,34,41H,21-24H2,1-3H3,(H2,37,38,43)/t25-,26+,34+/m0/s1. The number of fused-ring (bicyclic) bond motifs is 1. The molecule has 45 heavy (non-hydrogen) atoms. The topological polar surface area (TPSA) is 103 Å². The van der Waals surface area contributed by atoms with Crippen LogP contribution in [-0.2, 0) is 6.54 Å². The molecule has 3 amide bonds. The molecule has 5 rings (SSSR count). The van der Waals surface area contributed by atoms with Gasteiger partial charge >= 0.3 is 6.03 Å². The van der Waals surface area contributed by atoms with Crippen LogP contribution in [0.2, 0.25) is 0 Å². The van der Waals surface area contributed by atoms with Gasteiger partial charge in [0.25, 0.3) is 5.91 Å². The van der Waals surface area contributed by atoms with Crippen LogP contribution >= 0.6 is 0 Å². The lowest BCUT2D eigenvalue weighted by Gasteiger charge is -2.38. The summed E-state index contributed by atoms with van der Waals surface area (Å²) in [7, 11) is 2.04. The zero-order valence-electron chi connectivity index (χ0n) is 25.9. The molecular formula is C36H40N4O5. The van der Waals surface area contributed by atoms with Crippen LogP contribution in [0.3, 0.4) is 0 Å². The van der Waals surface area contributed by atoms with E-state index < -0.39 is 6.03 Å². The van der Waals surface area contributed by atoms with E-state index in [-0.39, 0.29) is 30.6 Å². The van der Waals surface area contributed by atoms with Crippen molar-refractivity contribution in [3.63, 3.8) is 0 Å². The van der Waals surface area contributed by atoms with Crippen molar-refractivity contribution in [1.82, 2.24) is 9.80 Å². The lowest BCUT2D eigenvalue weighted by atomic mass is 9.99. The lowest BCUT2D eigenvalue weighted by Crippen LogP contribution is -2.49. The number of benzene rings is 4. The largest absolute Gasteiger partial charge is 0.488 e. The van der Waals surface area contributed by atoms with E-state index in [0.29, 0.717) is 42.3 Å². The fourth-order valence-corrected chi connectivity index (χ4v) is 5.30. The molecule has 0 unspecified atom stereocenters. The number of rotatable bonds is 10. The molecule has 9 heteroatoms. The number of aliphatic hydroxyl groups is 1. The molecule has 234 valence electrons. The molecule has 0 aromatic heterocycles. The summed E-state index contributed by atoms with van der Waals surface area (Å²) in [5.74, 6) is 1.73. The number of urea groups is 1. The third kappa shape index (κ3) is 8.41. The second-order valence-corrected chi connectivity index (χ2v) is 11.5. The van der Waals surface area contributed by atoms with E-state index in [9.17, 15) is 14.7 Å². The molecular weight excluding hydrogens is 568 g/mol. The number of hydrogen-bond acceptors (Lipinski definition) is 6. The van der Waals surface area contributed by atoms with Crippen molar-refractivity contribution < 1.29 is 24.2 Å². The van der Waals surface area contributed by atoms with Gasteiger partial charge in [0, 0.05) is 36.9 Å². The Morgan fingerprint density at radius 2 is 1.60 bits per heavy atom. The Bertz CT molecular complexity index is 1570. The monoisotopic (exact) mass is 608 g/mol. The molecule has 0 fully saturated rings. The van der Waals surface area contributed by atoms with Gasteiger partial charge in [-0.3, -0.25) is 9.69 Å². The highest BCUT2D eigenvalue weighted by atomic mass is 16.5. The fourth-order valence-electron chi connectivity index (χ4n) is 5.30. The second-order valence-electron chi connectivity index (χ2n) is 11.5. The number of ether oxygens (including phenoxy) is 2. The predicted octanol–water partition coefficient (Wildman–Crippen LogP) is 6.48. The van der Waals surface area contributed by atoms with Gasteiger partial charge in [-0.1, -0.05) is 55.5 Å². The molecule has 9 nitrogen and oxygen atoms in total. The van der Waals surface area contributed by atoms with E-state index in [1.54, 1.807) is 35.2 Å². The Morgan fingerprint density at radius 1 is 0.956 bits per heavy atom. The van der Waals surface area contributed by atoms with Crippen LogP contribution in [-0.4, -0.2) is 65.7 Å². The van der Waals surface area contributed by atoms with E-state index in [0.717, 1.165) is 17.1 Å². The number of carbonyl (C=O) groups is 2. The number of likely N-dealkylation sites (N-methyl/N-ethyl adjacent to an activating group) is 1. The van der Waals surface area contributed by atoms with E-state index in [2.05, 4.69) is 34.6 Å². The summed E-state index contributed by atoms with van der Waals surface area (Å²) in [6.45, 7) is 5.44. The summed E-state index contributed by atoms with van der Waals surface area (Å²) >= 11 is 0. The quantitative estimate of drug-likeness (QED) is 0.191. The van der Waals surface area contributed by atoms with Crippen molar-refractivity contribution in [3.05, 3.63) is 114 Å². The molecule has 0 bridgehead atoms. The maximum atomic E-state index is 13.8. The Kier molecular flexibility index (Phi) is 10.3. The first kappa shape index (κ1) is 31.6. The number of amides is 3. The van der Waals surface area contributed by atoms with Crippen molar-refractivity contribution >= 4 is 23.3 Å². The molecule has 3 N–H and O–H groups in total. The number of anilines is 2. The van der Waals surface area contributed by atoms with Gasteiger partial charge in [0.15, 0.2) is 0 Å². The minimum atomic E-state index is -0.422. The van der Waals surface area contributed by atoms with Gasteiger partial charge in [-0.2, -0.15) is 0 Å². The summed E-state index contributed by atoms with van der Waals surface area (Å²) in [6, 6.07) is 31.1. The van der Waals surface area contributed by atoms with Crippen LogP contribution < -0.4 is 20.1 Å². The average molecular weight is 609 g/mol. The SMILES string of the molecule is C[C@H](CO)N1C[C@H](C)[C@@H](CN(C)Cc2ccc(Oc3ccccc3)cc2)Oc2ccc(NC(=O)Nc3ccccc3)cc2C1=O. The zero-order chi connectivity index (χ0) is 31.8. The van der Waals surface area contributed by atoms with Crippen molar-refractivity contribution in [3.8, 4) is 17.2 Å². The van der Waals surface area contributed by atoms with Crippen LogP contribution in [0.25, 0.3) is 0 Å². The van der Waals surface area contributed by atoms with E-state index in [4.69, 9.17) is 9.47 Å². The summed E-state index contributed by atoms with van der Waals surface area (Å²) in [5, 5.41) is 15.6. The van der Waals surface area contributed by atoms with Crippen LogP contribution in [0.4, 0.5) is 16.2 Å². The molecule has 0 aliphatic carbocycles. The predicted molar refractivity (Wildman–Crippen MR) is 176 cm³/mol. The Balaban J connectivity index is 1.29. The molecule has 4 aromatic rings. The minimum Gasteiger partial charge on any atom is -0.488 e. The van der Waals surface area contributed by atoms with Crippen LogP contribution in [0.5, 0.6) is 17.2 Å². The summed E-state index contributed by atoms with van der Waals surface area (Å²) in [5.41, 5.74) is 2.58. The van der Waals surface area contributed by atoms with Gasteiger partial charge in [0.05, 0.1) is 18.2 Å². The Hall–Kier alpha value is -4.86. The van der Waals surface area contributed by atoms with Gasteiger partial charge in [-0.25, -0.2) is 4.79 Å². The van der Waals surface area contributed by atoms with Crippen LogP contribution in [0, 0.1) is 5.92 Å². The molecule has 4 aromatic carbocycles. The Morgan fingerprint density at radius 3 is 2.29 bits per heavy atom. The maximum Gasteiger partial charge on any atom is 0.323 e. The highest BCUT2D eigenvalue weighted by Gasteiger charge is 2.33. The first-order valence-electron chi connectivity index (χ1n) is 15.1. The average Bonchev–Trinajstić information content (AvgIpc) is 3.04. The smallest absolute Gasteiger partial charge is 0.323 e. The number of hydrogen-bond donors (Lipinski definition) is 3. The highest BCUT2D eigenvalue weighted by molar-refractivity contribution is 6.02. The van der Waals surface area contributed by atoms with Crippen molar-refractivity contribution in [2.75, 3.05) is 37.4 Å². The number of para-hydroxylation sites is 2. The molecule has 0 saturated heterocycles. The van der Waals surface area contributed by atoms with Gasteiger partial charge in [-0.15, -0.1) is 0 Å². The molecule has 0 spiro atoms. The van der Waals surface area contributed by atoms with E-state index >= 15 is 0 Å². The number of aliphatic hydroxyl groups excluding tert-OH is 1. The van der Waals surface area contributed by atoms with Crippen molar-refractivity contribution in [2.24, 2.45) is 5.92 Å². The first-order chi connectivity index (χ1) is 21.8. The molecule has 1 aliphatic heterocycles. The third-order valence-electron chi connectivity index (χ3n) is 7.80. The number of carbonyl (C=O) groups excluding carboxylic acids is 2. The van der Waals surface area contributed by atoms with E-state index in [1.807, 2.05) is 74.6 Å². The van der Waals surface area contributed by atoms with Crippen LogP contribution in [0.15, 0.2) is 103 Å². The van der Waals surface area contributed by atoms with E-state index in [1.165, 1.54) is 0 Å². The fraction of sp³-hybridized carbons (Fsp3) is 0.278. The molecule has 1 aliphatic rings. The minimum absolute atomic E-state index is 0.0188. The van der Waals surface area contributed by atoms with Crippen molar-refractivity contribution in [1.29, 1.82) is 0 Å².